The number of benzene rings is 1. The highest BCUT2D eigenvalue weighted by atomic mass is 79.9. The molecule has 1 aromatic rings. The number of ether oxygens (including phenoxy) is 1. The Kier molecular flexibility index (Phi) is 4.99. The van der Waals surface area contributed by atoms with Crippen molar-refractivity contribution in [1.29, 1.82) is 5.26 Å². The van der Waals surface area contributed by atoms with Crippen LogP contribution in [0.1, 0.15) is 12.5 Å². The highest BCUT2D eigenvalue weighted by Crippen LogP contribution is 2.29. The molecule has 1 unspecified atom stereocenters. The van der Waals surface area contributed by atoms with Gasteiger partial charge in [0.1, 0.15) is 6.04 Å². The van der Waals surface area contributed by atoms with E-state index in [1.165, 1.54) is 0 Å². The third kappa shape index (κ3) is 3.11. The second-order valence-electron chi connectivity index (χ2n) is 4.44. The highest BCUT2D eigenvalue weighted by molar-refractivity contribution is 9.10. The normalized spacial score (nSPS) is 18.4. The zero-order valence-electron chi connectivity index (χ0n) is 11.2. The average Bonchev–Trinajstić information content (AvgIpc) is 2.47. The van der Waals surface area contributed by atoms with Crippen LogP contribution in [0, 0.1) is 11.3 Å². The van der Waals surface area contributed by atoms with Gasteiger partial charge in [-0.2, -0.15) is 5.26 Å². The van der Waals surface area contributed by atoms with Gasteiger partial charge in [-0.25, -0.2) is 4.79 Å². The number of hydrogen-bond acceptors (Lipinski definition) is 5. The van der Waals surface area contributed by atoms with Crippen LogP contribution in [0.5, 0.6) is 0 Å². The molecule has 0 aliphatic carbocycles. The second-order valence-corrected chi connectivity index (χ2v) is 5.30. The van der Waals surface area contributed by atoms with E-state index in [4.69, 9.17) is 10.00 Å². The number of hydrogen-bond donors (Lipinski definition) is 1. The molecule has 1 saturated heterocycles. The number of esters is 1. The van der Waals surface area contributed by atoms with Crippen molar-refractivity contribution in [3.63, 3.8) is 0 Å². The van der Waals surface area contributed by atoms with Crippen LogP contribution in [-0.4, -0.2) is 38.3 Å². The minimum Gasteiger partial charge on any atom is -0.464 e. The molecule has 1 fully saturated rings. The number of piperazine rings is 1. The van der Waals surface area contributed by atoms with Crippen molar-refractivity contribution in [3.05, 3.63) is 28.2 Å². The lowest BCUT2D eigenvalue weighted by Gasteiger charge is -2.36. The molecule has 1 heterocycles. The van der Waals surface area contributed by atoms with Gasteiger partial charge in [0.2, 0.25) is 0 Å². The van der Waals surface area contributed by atoms with E-state index in [-0.39, 0.29) is 12.0 Å². The molecular formula is C14H16BrN3O2. The number of halogens is 1. The summed E-state index contributed by atoms with van der Waals surface area (Å²) in [5.74, 6) is -0.226. The molecule has 1 aliphatic rings. The second kappa shape index (κ2) is 6.73. The van der Waals surface area contributed by atoms with Gasteiger partial charge >= 0.3 is 5.97 Å². The smallest absolute Gasteiger partial charge is 0.330 e. The maximum absolute atomic E-state index is 12.0. The summed E-state index contributed by atoms with van der Waals surface area (Å²) in [6, 6.07) is 7.14. The molecule has 5 nitrogen and oxygen atoms in total. The summed E-state index contributed by atoms with van der Waals surface area (Å²) in [4.78, 5) is 14.1. The molecule has 1 N–H and O–H groups in total. The molecule has 0 saturated carbocycles. The number of rotatable bonds is 3. The monoisotopic (exact) mass is 337 g/mol. The van der Waals surface area contributed by atoms with Crippen LogP contribution >= 0.6 is 15.9 Å². The van der Waals surface area contributed by atoms with E-state index in [0.717, 1.165) is 16.7 Å². The van der Waals surface area contributed by atoms with Gasteiger partial charge in [0.15, 0.2) is 0 Å². The molecule has 0 bridgehead atoms. The van der Waals surface area contributed by atoms with Gasteiger partial charge in [0, 0.05) is 24.1 Å². The van der Waals surface area contributed by atoms with E-state index in [1.54, 1.807) is 19.1 Å². The maximum Gasteiger partial charge on any atom is 0.330 e. The molecule has 106 valence electrons. The first kappa shape index (κ1) is 14.8. The molecule has 1 aliphatic heterocycles. The van der Waals surface area contributed by atoms with Gasteiger partial charge in [-0.15, -0.1) is 0 Å². The number of carbonyl (C=O) groups excluding carboxylic acids is 1. The molecule has 1 aromatic carbocycles. The molecule has 20 heavy (non-hydrogen) atoms. The van der Waals surface area contributed by atoms with E-state index in [1.807, 2.05) is 11.0 Å². The highest BCUT2D eigenvalue weighted by Gasteiger charge is 2.30. The van der Waals surface area contributed by atoms with Crippen molar-refractivity contribution >= 4 is 27.6 Å². The fourth-order valence-corrected chi connectivity index (χ4v) is 2.86. The first-order chi connectivity index (χ1) is 9.67. The van der Waals surface area contributed by atoms with Crippen molar-refractivity contribution in [1.82, 2.24) is 5.32 Å². The van der Waals surface area contributed by atoms with Gasteiger partial charge in [-0.1, -0.05) is 0 Å². The molecule has 0 radical (unpaired) electrons. The Hall–Kier alpha value is -1.58. The number of carbonyl (C=O) groups is 1. The zero-order chi connectivity index (χ0) is 14.5. The lowest BCUT2D eigenvalue weighted by Crippen LogP contribution is -2.55. The molecule has 0 spiro atoms. The van der Waals surface area contributed by atoms with Crippen LogP contribution in [0.4, 0.5) is 5.69 Å². The minimum absolute atomic E-state index is 0.226. The summed E-state index contributed by atoms with van der Waals surface area (Å²) in [5, 5.41) is 12.1. The fraction of sp³-hybridized carbons (Fsp3) is 0.429. The summed E-state index contributed by atoms with van der Waals surface area (Å²) in [6.07, 6.45) is 0. The molecule has 2 rings (SSSR count). The van der Waals surface area contributed by atoms with Crippen molar-refractivity contribution in [2.75, 3.05) is 31.1 Å². The van der Waals surface area contributed by atoms with Crippen LogP contribution in [0.3, 0.4) is 0 Å². The standard InChI is InChI=1S/C14H16BrN3O2/c1-2-20-14(19)13-9-17-5-6-18(13)12-4-3-10(8-16)7-11(12)15/h3-4,7,13,17H,2,5-6,9H2,1H3. The van der Waals surface area contributed by atoms with Crippen molar-refractivity contribution in [3.8, 4) is 6.07 Å². The van der Waals surface area contributed by atoms with E-state index in [0.29, 0.717) is 25.3 Å². The lowest BCUT2D eigenvalue weighted by molar-refractivity contribution is -0.144. The Morgan fingerprint density at radius 2 is 2.45 bits per heavy atom. The minimum atomic E-state index is -0.340. The third-order valence-electron chi connectivity index (χ3n) is 3.19. The number of nitrogens with zero attached hydrogens (tertiary/aromatic N) is 2. The summed E-state index contributed by atoms with van der Waals surface area (Å²) < 4.78 is 5.94. The van der Waals surface area contributed by atoms with Crippen molar-refractivity contribution in [2.45, 2.75) is 13.0 Å². The van der Waals surface area contributed by atoms with Gasteiger partial charge in [0.25, 0.3) is 0 Å². The number of nitrogens with one attached hydrogen (secondary N) is 1. The predicted octanol–water partition coefficient (Wildman–Crippen LogP) is 1.66. The Bertz CT molecular complexity index is 542. The summed E-state index contributed by atoms with van der Waals surface area (Å²) in [6.45, 7) is 4.26. The van der Waals surface area contributed by atoms with E-state index < -0.39 is 0 Å². The Morgan fingerprint density at radius 3 is 3.10 bits per heavy atom. The van der Waals surface area contributed by atoms with Crippen LogP contribution in [0.2, 0.25) is 0 Å². The number of anilines is 1. The fourth-order valence-electron chi connectivity index (χ4n) is 2.25. The summed E-state index contributed by atoms with van der Waals surface area (Å²) in [5.41, 5.74) is 1.49. The zero-order valence-corrected chi connectivity index (χ0v) is 12.8. The van der Waals surface area contributed by atoms with Crippen LogP contribution in [-0.2, 0) is 9.53 Å². The Labute approximate surface area is 126 Å². The third-order valence-corrected chi connectivity index (χ3v) is 3.82. The molecular weight excluding hydrogens is 322 g/mol. The van der Waals surface area contributed by atoms with Crippen molar-refractivity contribution in [2.24, 2.45) is 0 Å². The molecule has 0 amide bonds. The van der Waals surface area contributed by atoms with Crippen LogP contribution in [0.15, 0.2) is 22.7 Å². The molecule has 6 heteroatoms. The van der Waals surface area contributed by atoms with Gasteiger partial charge in [0.05, 0.1) is 23.9 Å². The molecule has 1 atom stereocenters. The van der Waals surface area contributed by atoms with Gasteiger partial charge in [-0.05, 0) is 41.1 Å². The van der Waals surface area contributed by atoms with Crippen LogP contribution in [0.25, 0.3) is 0 Å². The first-order valence-electron chi connectivity index (χ1n) is 6.51. The Balaban J connectivity index is 2.28. The average molecular weight is 338 g/mol. The quantitative estimate of drug-likeness (QED) is 0.850. The first-order valence-corrected chi connectivity index (χ1v) is 7.30. The Morgan fingerprint density at radius 1 is 1.65 bits per heavy atom. The van der Waals surface area contributed by atoms with Gasteiger partial charge < -0.3 is 15.0 Å². The summed E-state index contributed by atoms with van der Waals surface area (Å²) in [7, 11) is 0. The summed E-state index contributed by atoms with van der Waals surface area (Å²) >= 11 is 3.47. The van der Waals surface area contributed by atoms with Gasteiger partial charge in [-0.3, -0.25) is 0 Å². The van der Waals surface area contributed by atoms with E-state index in [9.17, 15) is 4.79 Å². The predicted molar refractivity (Wildman–Crippen MR) is 79.5 cm³/mol. The lowest BCUT2D eigenvalue weighted by atomic mass is 10.1. The van der Waals surface area contributed by atoms with Crippen LogP contribution < -0.4 is 10.2 Å². The van der Waals surface area contributed by atoms with Crippen molar-refractivity contribution < 1.29 is 9.53 Å². The topological polar surface area (TPSA) is 65.4 Å². The van der Waals surface area contributed by atoms with E-state index in [2.05, 4.69) is 27.3 Å². The largest absolute Gasteiger partial charge is 0.464 e. The SMILES string of the molecule is CCOC(=O)C1CNCCN1c1ccc(C#N)cc1Br. The maximum atomic E-state index is 12.0. The van der Waals surface area contributed by atoms with E-state index >= 15 is 0 Å². The molecule has 0 aromatic heterocycles. The number of nitriles is 1.